The minimum absolute atomic E-state index is 0.190. The number of benzene rings is 1. The molecule has 0 saturated carbocycles. The minimum Gasteiger partial charge on any atom is -0.289 e. The third kappa shape index (κ3) is 2.96. The Kier molecular flexibility index (Phi) is 3.89. The number of rotatable bonds is 4. The third-order valence-electron chi connectivity index (χ3n) is 2.82. The van der Waals surface area contributed by atoms with Gasteiger partial charge in [0.1, 0.15) is 0 Å². The van der Waals surface area contributed by atoms with Gasteiger partial charge >= 0.3 is 0 Å². The molecular weight excluding hydrogens is 242 g/mol. The molecule has 1 N–H and O–H groups in total. The summed E-state index contributed by atoms with van der Waals surface area (Å²) in [5.74, 6) is 0.191. The van der Waals surface area contributed by atoms with Crippen molar-refractivity contribution in [1.29, 1.82) is 0 Å². The number of carbonyl (C=O) groups excluding carboxylic acids is 1. The normalized spacial score (nSPS) is 10.5. The van der Waals surface area contributed by atoms with E-state index >= 15 is 0 Å². The molecule has 6 nitrogen and oxygen atoms in total. The van der Waals surface area contributed by atoms with Crippen molar-refractivity contribution in [3.8, 4) is 0 Å². The van der Waals surface area contributed by atoms with Crippen LogP contribution in [0.2, 0.25) is 0 Å². The first-order valence-corrected chi connectivity index (χ1v) is 6.26. The van der Waals surface area contributed by atoms with Crippen LogP contribution in [0.15, 0.2) is 18.2 Å². The molecule has 6 heteroatoms. The number of nitrogens with zero attached hydrogens (tertiary/aromatic N) is 4. The number of amides is 1. The van der Waals surface area contributed by atoms with Gasteiger partial charge in [-0.2, -0.15) is 0 Å². The maximum atomic E-state index is 12.2. The van der Waals surface area contributed by atoms with Gasteiger partial charge in [0, 0.05) is 12.1 Å². The van der Waals surface area contributed by atoms with E-state index in [1.807, 2.05) is 39.0 Å². The molecule has 1 aromatic carbocycles. The molecule has 0 fully saturated rings. The highest BCUT2D eigenvalue weighted by Gasteiger charge is 2.13. The standard InChI is InChI=1S/C13H17N5O/c1-4-7-18-13(15-16-17-18)14-12(19)11-6-5-9(2)8-10(11)3/h5-6,8H,4,7H2,1-3H3,(H,14,15,17,19). The van der Waals surface area contributed by atoms with Gasteiger partial charge in [0.25, 0.3) is 5.91 Å². The van der Waals surface area contributed by atoms with Crippen molar-refractivity contribution in [3.63, 3.8) is 0 Å². The van der Waals surface area contributed by atoms with Gasteiger partial charge in [-0.05, 0) is 42.3 Å². The Morgan fingerprint density at radius 2 is 2.16 bits per heavy atom. The van der Waals surface area contributed by atoms with E-state index in [1.54, 1.807) is 4.68 Å². The van der Waals surface area contributed by atoms with Crippen molar-refractivity contribution in [1.82, 2.24) is 20.2 Å². The van der Waals surface area contributed by atoms with Gasteiger partial charge < -0.3 is 0 Å². The van der Waals surface area contributed by atoms with E-state index in [0.29, 0.717) is 18.1 Å². The van der Waals surface area contributed by atoms with Crippen LogP contribution in [-0.4, -0.2) is 26.1 Å². The van der Waals surface area contributed by atoms with Crippen LogP contribution in [0.3, 0.4) is 0 Å². The Hall–Kier alpha value is -2.24. The average Bonchev–Trinajstić information content (AvgIpc) is 2.77. The van der Waals surface area contributed by atoms with Crippen LogP contribution in [0.25, 0.3) is 0 Å². The van der Waals surface area contributed by atoms with Crippen molar-refractivity contribution >= 4 is 11.9 Å². The van der Waals surface area contributed by atoms with Crippen LogP contribution in [0.5, 0.6) is 0 Å². The minimum atomic E-state index is -0.190. The number of tetrazole rings is 1. The second-order valence-corrected chi connectivity index (χ2v) is 4.50. The Labute approximate surface area is 111 Å². The molecule has 1 heterocycles. The zero-order valence-corrected chi connectivity index (χ0v) is 11.3. The molecule has 2 aromatic rings. The van der Waals surface area contributed by atoms with E-state index in [9.17, 15) is 4.79 Å². The second-order valence-electron chi connectivity index (χ2n) is 4.50. The highest BCUT2D eigenvalue weighted by molar-refractivity contribution is 6.04. The van der Waals surface area contributed by atoms with Crippen molar-refractivity contribution < 1.29 is 4.79 Å². The first-order valence-electron chi connectivity index (χ1n) is 6.26. The largest absolute Gasteiger partial charge is 0.289 e. The Balaban J connectivity index is 2.18. The predicted octanol–water partition coefficient (Wildman–Crippen LogP) is 1.95. The monoisotopic (exact) mass is 259 g/mol. The summed E-state index contributed by atoms with van der Waals surface area (Å²) in [5, 5.41) is 14.0. The highest BCUT2D eigenvalue weighted by atomic mass is 16.1. The van der Waals surface area contributed by atoms with Gasteiger partial charge in [-0.15, -0.1) is 0 Å². The van der Waals surface area contributed by atoms with Crippen molar-refractivity contribution in [2.45, 2.75) is 33.7 Å². The molecular formula is C13H17N5O. The van der Waals surface area contributed by atoms with Crippen LogP contribution in [0, 0.1) is 13.8 Å². The molecule has 100 valence electrons. The van der Waals surface area contributed by atoms with Crippen LogP contribution >= 0.6 is 0 Å². The van der Waals surface area contributed by atoms with Crippen molar-refractivity contribution in [2.24, 2.45) is 0 Å². The number of aromatic nitrogens is 4. The Bertz CT molecular complexity index is 590. The number of hydrogen-bond acceptors (Lipinski definition) is 4. The van der Waals surface area contributed by atoms with E-state index in [2.05, 4.69) is 20.8 Å². The first-order chi connectivity index (χ1) is 9.11. The summed E-state index contributed by atoms with van der Waals surface area (Å²) in [5.41, 5.74) is 2.70. The number of nitrogens with one attached hydrogen (secondary N) is 1. The van der Waals surface area contributed by atoms with Gasteiger partial charge in [0.15, 0.2) is 0 Å². The van der Waals surface area contributed by atoms with Gasteiger partial charge in [0.05, 0.1) is 0 Å². The van der Waals surface area contributed by atoms with Crippen molar-refractivity contribution in [3.05, 3.63) is 34.9 Å². The number of carbonyl (C=O) groups is 1. The summed E-state index contributed by atoms with van der Waals surface area (Å²) >= 11 is 0. The predicted molar refractivity (Wildman–Crippen MR) is 72.0 cm³/mol. The summed E-state index contributed by atoms with van der Waals surface area (Å²) in [6, 6.07) is 5.70. The molecule has 1 aromatic heterocycles. The zero-order chi connectivity index (χ0) is 13.8. The Morgan fingerprint density at radius 1 is 1.37 bits per heavy atom. The van der Waals surface area contributed by atoms with Gasteiger partial charge in [-0.1, -0.05) is 29.7 Å². The van der Waals surface area contributed by atoms with Gasteiger partial charge in [0.2, 0.25) is 5.95 Å². The number of anilines is 1. The number of aryl methyl sites for hydroxylation is 3. The summed E-state index contributed by atoms with van der Waals surface area (Å²) < 4.78 is 1.58. The lowest BCUT2D eigenvalue weighted by molar-refractivity contribution is 0.102. The van der Waals surface area contributed by atoms with Crippen LogP contribution < -0.4 is 5.32 Å². The van der Waals surface area contributed by atoms with E-state index in [4.69, 9.17) is 0 Å². The van der Waals surface area contributed by atoms with E-state index < -0.39 is 0 Å². The fraction of sp³-hybridized carbons (Fsp3) is 0.385. The molecule has 0 bridgehead atoms. The molecule has 0 aliphatic rings. The molecule has 19 heavy (non-hydrogen) atoms. The lowest BCUT2D eigenvalue weighted by Gasteiger charge is -2.08. The fourth-order valence-corrected chi connectivity index (χ4v) is 1.89. The molecule has 0 aliphatic carbocycles. The van der Waals surface area contributed by atoms with E-state index in [0.717, 1.165) is 17.5 Å². The molecule has 1 amide bonds. The summed E-state index contributed by atoms with van der Waals surface area (Å²) in [4.78, 5) is 12.2. The molecule has 0 atom stereocenters. The Morgan fingerprint density at radius 3 is 2.84 bits per heavy atom. The smallest absolute Gasteiger partial charge is 0.258 e. The molecule has 0 radical (unpaired) electrons. The van der Waals surface area contributed by atoms with Crippen molar-refractivity contribution in [2.75, 3.05) is 5.32 Å². The topological polar surface area (TPSA) is 72.7 Å². The molecule has 0 saturated heterocycles. The zero-order valence-electron chi connectivity index (χ0n) is 11.3. The number of hydrogen-bond donors (Lipinski definition) is 1. The van der Waals surface area contributed by atoms with Crippen LogP contribution in [0.4, 0.5) is 5.95 Å². The maximum absolute atomic E-state index is 12.2. The average molecular weight is 259 g/mol. The first kappa shape index (κ1) is 13.2. The fourth-order valence-electron chi connectivity index (χ4n) is 1.89. The maximum Gasteiger partial charge on any atom is 0.258 e. The summed E-state index contributed by atoms with van der Waals surface area (Å²) in [7, 11) is 0. The van der Waals surface area contributed by atoms with Crippen LogP contribution in [0.1, 0.15) is 34.8 Å². The van der Waals surface area contributed by atoms with Gasteiger partial charge in [-0.25, -0.2) is 4.68 Å². The molecule has 0 spiro atoms. The summed E-state index contributed by atoms with van der Waals surface area (Å²) in [6.07, 6.45) is 0.900. The molecule has 0 aliphatic heterocycles. The van der Waals surface area contributed by atoms with E-state index in [1.165, 1.54) is 0 Å². The molecule has 2 rings (SSSR count). The SMILES string of the molecule is CCCn1nnnc1NC(=O)c1ccc(C)cc1C. The summed E-state index contributed by atoms with van der Waals surface area (Å²) in [6.45, 7) is 6.61. The van der Waals surface area contributed by atoms with Crippen LogP contribution in [-0.2, 0) is 6.54 Å². The van der Waals surface area contributed by atoms with E-state index in [-0.39, 0.29) is 5.91 Å². The molecule has 0 unspecified atom stereocenters. The quantitative estimate of drug-likeness (QED) is 0.910. The lowest BCUT2D eigenvalue weighted by Crippen LogP contribution is -2.17. The highest BCUT2D eigenvalue weighted by Crippen LogP contribution is 2.12. The van der Waals surface area contributed by atoms with Gasteiger partial charge in [-0.3, -0.25) is 10.1 Å². The third-order valence-corrected chi connectivity index (χ3v) is 2.82. The lowest BCUT2D eigenvalue weighted by atomic mass is 10.1. The second kappa shape index (κ2) is 5.60.